The van der Waals surface area contributed by atoms with Gasteiger partial charge in [-0.05, 0) is 25.2 Å². The van der Waals surface area contributed by atoms with Crippen LogP contribution in [0, 0.1) is 5.92 Å². The van der Waals surface area contributed by atoms with Gasteiger partial charge in [0.15, 0.2) is 0 Å². The summed E-state index contributed by atoms with van der Waals surface area (Å²) in [6.07, 6.45) is 5.45. The minimum atomic E-state index is 0.740. The van der Waals surface area contributed by atoms with Crippen LogP contribution in [0.5, 0.6) is 0 Å². The maximum absolute atomic E-state index is 3.81. The summed E-state index contributed by atoms with van der Waals surface area (Å²) in [6.45, 7) is 7.02. The molecule has 1 nitrogen and oxygen atoms in total. The molecule has 1 aliphatic carbocycles. The zero-order valence-corrected chi connectivity index (χ0v) is 9.36. The summed E-state index contributed by atoms with van der Waals surface area (Å²) in [5, 5.41) is 3.50. The van der Waals surface area contributed by atoms with Gasteiger partial charge in [-0.3, -0.25) is 0 Å². The van der Waals surface area contributed by atoms with Gasteiger partial charge in [-0.25, -0.2) is 0 Å². The first-order chi connectivity index (χ1) is 5.72. The Morgan fingerprint density at radius 2 is 2.33 bits per heavy atom. The van der Waals surface area contributed by atoms with Gasteiger partial charge in [0, 0.05) is 17.1 Å². The van der Waals surface area contributed by atoms with Crippen LogP contribution in [-0.4, -0.2) is 12.6 Å². The highest BCUT2D eigenvalue weighted by Crippen LogP contribution is 2.27. The van der Waals surface area contributed by atoms with Crippen LogP contribution >= 0.6 is 15.9 Å². The lowest BCUT2D eigenvalue weighted by Gasteiger charge is -2.11. The first kappa shape index (κ1) is 10.3. The number of hydrogen-bond donors (Lipinski definition) is 1. The Morgan fingerprint density at radius 3 is 2.83 bits per heavy atom. The third-order valence-corrected chi connectivity index (χ3v) is 2.98. The molecule has 0 aromatic rings. The molecule has 1 N–H and O–H groups in total. The Labute approximate surface area is 83.7 Å². The lowest BCUT2D eigenvalue weighted by Crippen LogP contribution is -2.27. The molecule has 0 saturated heterocycles. The van der Waals surface area contributed by atoms with E-state index in [1.807, 2.05) is 0 Å². The standard InChI is InChI=1S/C10H18BrN/c1-3-9-4-5-10(6-9)12-7-8(2)11/h9-10,12H,2-7H2,1H3. The topological polar surface area (TPSA) is 12.0 Å². The second kappa shape index (κ2) is 5.03. The molecule has 0 aromatic heterocycles. The van der Waals surface area contributed by atoms with Crippen molar-refractivity contribution < 1.29 is 0 Å². The predicted octanol–water partition coefficient (Wildman–Crippen LogP) is 3.06. The number of nitrogens with one attached hydrogen (secondary N) is 1. The third kappa shape index (κ3) is 3.28. The van der Waals surface area contributed by atoms with Crippen molar-refractivity contribution in [3.8, 4) is 0 Å². The van der Waals surface area contributed by atoms with Gasteiger partial charge in [0.05, 0.1) is 0 Å². The molecule has 12 heavy (non-hydrogen) atoms. The molecule has 0 amide bonds. The molecule has 0 spiro atoms. The Hall–Kier alpha value is 0.180. The Bertz CT molecular complexity index is 156. The van der Waals surface area contributed by atoms with Gasteiger partial charge in [0.1, 0.15) is 0 Å². The number of halogens is 1. The summed E-state index contributed by atoms with van der Waals surface area (Å²) < 4.78 is 1.06. The minimum Gasteiger partial charge on any atom is -0.309 e. The zero-order valence-electron chi connectivity index (χ0n) is 7.78. The fourth-order valence-corrected chi connectivity index (χ4v) is 2.05. The Balaban J connectivity index is 2.15. The number of rotatable bonds is 4. The van der Waals surface area contributed by atoms with Gasteiger partial charge in [-0.15, -0.1) is 0 Å². The Kier molecular flexibility index (Phi) is 4.30. The minimum absolute atomic E-state index is 0.740. The average Bonchev–Trinajstić information content (AvgIpc) is 2.48. The summed E-state index contributed by atoms with van der Waals surface area (Å²) in [4.78, 5) is 0. The highest BCUT2D eigenvalue weighted by molar-refractivity contribution is 9.11. The van der Waals surface area contributed by atoms with Crippen molar-refractivity contribution in [1.29, 1.82) is 0 Å². The van der Waals surface area contributed by atoms with Gasteiger partial charge in [0.2, 0.25) is 0 Å². The summed E-state index contributed by atoms with van der Waals surface area (Å²) in [7, 11) is 0. The third-order valence-electron chi connectivity index (χ3n) is 2.70. The first-order valence-electron chi connectivity index (χ1n) is 4.79. The predicted molar refractivity (Wildman–Crippen MR) is 57.5 cm³/mol. The maximum Gasteiger partial charge on any atom is 0.0268 e. The van der Waals surface area contributed by atoms with Crippen LogP contribution in [0.25, 0.3) is 0 Å². The smallest absolute Gasteiger partial charge is 0.0268 e. The molecule has 1 aliphatic rings. The second-order valence-corrected chi connectivity index (χ2v) is 4.80. The van der Waals surface area contributed by atoms with Crippen molar-refractivity contribution in [3.63, 3.8) is 0 Å². The van der Waals surface area contributed by atoms with E-state index < -0.39 is 0 Å². The van der Waals surface area contributed by atoms with Gasteiger partial charge in [-0.2, -0.15) is 0 Å². The van der Waals surface area contributed by atoms with Gasteiger partial charge in [0.25, 0.3) is 0 Å². The molecular weight excluding hydrogens is 214 g/mol. The summed E-state index contributed by atoms with van der Waals surface area (Å²) in [6, 6.07) is 0.740. The lowest BCUT2D eigenvalue weighted by molar-refractivity contribution is 0.490. The molecule has 1 rings (SSSR count). The highest BCUT2D eigenvalue weighted by atomic mass is 79.9. The normalized spacial score (nSPS) is 29.2. The van der Waals surface area contributed by atoms with Crippen molar-refractivity contribution in [1.82, 2.24) is 5.32 Å². The van der Waals surface area contributed by atoms with E-state index in [9.17, 15) is 0 Å². The van der Waals surface area contributed by atoms with Gasteiger partial charge in [-0.1, -0.05) is 35.9 Å². The van der Waals surface area contributed by atoms with Gasteiger partial charge < -0.3 is 5.32 Å². The summed E-state index contributed by atoms with van der Waals surface area (Å²) in [5.74, 6) is 0.964. The largest absolute Gasteiger partial charge is 0.309 e. The van der Waals surface area contributed by atoms with Crippen LogP contribution < -0.4 is 5.32 Å². The van der Waals surface area contributed by atoms with Crippen molar-refractivity contribution in [3.05, 3.63) is 11.1 Å². The quantitative estimate of drug-likeness (QED) is 0.785. The number of hydrogen-bond acceptors (Lipinski definition) is 1. The molecule has 2 atom stereocenters. The van der Waals surface area contributed by atoms with Crippen molar-refractivity contribution in [2.24, 2.45) is 5.92 Å². The van der Waals surface area contributed by atoms with E-state index in [0.29, 0.717) is 0 Å². The average molecular weight is 232 g/mol. The van der Waals surface area contributed by atoms with Crippen molar-refractivity contribution in [2.45, 2.75) is 38.6 Å². The molecular formula is C10H18BrN. The van der Waals surface area contributed by atoms with E-state index in [1.165, 1.54) is 25.7 Å². The molecule has 2 unspecified atom stereocenters. The van der Waals surface area contributed by atoms with E-state index in [4.69, 9.17) is 0 Å². The molecule has 0 radical (unpaired) electrons. The van der Waals surface area contributed by atoms with Crippen LogP contribution in [0.2, 0.25) is 0 Å². The lowest BCUT2D eigenvalue weighted by atomic mass is 10.1. The second-order valence-electron chi connectivity index (χ2n) is 3.68. The van der Waals surface area contributed by atoms with Crippen molar-refractivity contribution in [2.75, 3.05) is 6.54 Å². The molecule has 1 saturated carbocycles. The van der Waals surface area contributed by atoms with Gasteiger partial charge >= 0.3 is 0 Å². The maximum atomic E-state index is 3.81. The molecule has 0 heterocycles. The monoisotopic (exact) mass is 231 g/mol. The summed E-state index contributed by atoms with van der Waals surface area (Å²) in [5.41, 5.74) is 0. The first-order valence-corrected chi connectivity index (χ1v) is 5.58. The van der Waals surface area contributed by atoms with Crippen LogP contribution in [0.3, 0.4) is 0 Å². The van der Waals surface area contributed by atoms with Crippen LogP contribution in [0.15, 0.2) is 11.1 Å². The molecule has 0 aromatic carbocycles. The van der Waals surface area contributed by atoms with E-state index in [0.717, 1.165) is 23.0 Å². The Morgan fingerprint density at radius 1 is 1.58 bits per heavy atom. The molecule has 0 aliphatic heterocycles. The van der Waals surface area contributed by atoms with E-state index in [2.05, 4.69) is 34.7 Å². The van der Waals surface area contributed by atoms with Crippen molar-refractivity contribution >= 4 is 15.9 Å². The highest BCUT2D eigenvalue weighted by Gasteiger charge is 2.22. The SMILES string of the molecule is C=C(Br)CNC1CCC(CC)C1. The summed E-state index contributed by atoms with van der Waals surface area (Å²) >= 11 is 3.36. The molecule has 0 bridgehead atoms. The fourth-order valence-electron chi connectivity index (χ4n) is 1.89. The molecule has 70 valence electrons. The van der Waals surface area contributed by atoms with Crippen LogP contribution in [0.4, 0.5) is 0 Å². The van der Waals surface area contributed by atoms with Crippen LogP contribution in [0.1, 0.15) is 32.6 Å². The molecule has 1 fully saturated rings. The fraction of sp³-hybridized carbons (Fsp3) is 0.800. The van der Waals surface area contributed by atoms with E-state index in [-0.39, 0.29) is 0 Å². The van der Waals surface area contributed by atoms with E-state index in [1.54, 1.807) is 0 Å². The zero-order chi connectivity index (χ0) is 8.97. The van der Waals surface area contributed by atoms with E-state index >= 15 is 0 Å². The van der Waals surface area contributed by atoms with Crippen LogP contribution in [-0.2, 0) is 0 Å². The molecule has 2 heteroatoms.